The van der Waals surface area contributed by atoms with E-state index in [1.165, 1.54) is 6.33 Å². The Balaban J connectivity index is 2.20. The second-order valence-corrected chi connectivity index (χ2v) is 5.07. The first-order chi connectivity index (χ1) is 9.45. The van der Waals surface area contributed by atoms with Crippen LogP contribution in [-0.4, -0.2) is 27.8 Å². The topological polar surface area (TPSA) is 69.0 Å². The first-order valence-corrected chi connectivity index (χ1v) is 6.25. The monoisotopic (exact) mass is 274 g/mol. The van der Waals surface area contributed by atoms with Crippen molar-refractivity contribution in [3.63, 3.8) is 0 Å². The number of hydrogen-bond donors (Lipinski definition) is 1. The van der Waals surface area contributed by atoms with Crippen LogP contribution in [0, 0.1) is 0 Å². The number of nitrogens with zero attached hydrogens (tertiary/aromatic N) is 3. The summed E-state index contributed by atoms with van der Waals surface area (Å²) in [6, 6.07) is 7.45. The number of rotatable bonds is 4. The zero-order valence-corrected chi connectivity index (χ0v) is 12.0. The number of hydrogen-bond acceptors (Lipinski definition) is 4. The molecule has 0 aliphatic carbocycles. The smallest absolute Gasteiger partial charge is 0.236 e. The number of methoxy groups -OCH3 is 1. The molecule has 0 saturated carbocycles. The SMILES string of the molecule is COc1ccc(C(C)(C)C(=O)Nc2nncn2C)cc1. The van der Waals surface area contributed by atoms with Crippen LogP contribution in [-0.2, 0) is 17.3 Å². The summed E-state index contributed by atoms with van der Waals surface area (Å²) in [4.78, 5) is 12.4. The van der Waals surface area contributed by atoms with Crippen molar-refractivity contribution in [2.75, 3.05) is 12.4 Å². The molecule has 1 aromatic heterocycles. The van der Waals surface area contributed by atoms with Crippen LogP contribution in [0.15, 0.2) is 30.6 Å². The van der Waals surface area contributed by atoms with Gasteiger partial charge >= 0.3 is 0 Å². The summed E-state index contributed by atoms with van der Waals surface area (Å²) in [5.74, 6) is 1.05. The van der Waals surface area contributed by atoms with Crippen molar-refractivity contribution in [2.45, 2.75) is 19.3 Å². The molecule has 0 aliphatic heterocycles. The van der Waals surface area contributed by atoms with Gasteiger partial charge in [-0.2, -0.15) is 0 Å². The lowest BCUT2D eigenvalue weighted by molar-refractivity contribution is -0.120. The molecule has 1 heterocycles. The van der Waals surface area contributed by atoms with Crippen molar-refractivity contribution in [3.05, 3.63) is 36.2 Å². The van der Waals surface area contributed by atoms with Gasteiger partial charge in [-0.3, -0.25) is 10.1 Å². The Morgan fingerprint density at radius 3 is 2.45 bits per heavy atom. The molecule has 1 amide bonds. The molecule has 1 aromatic carbocycles. The average Bonchev–Trinajstić information content (AvgIpc) is 2.84. The van der Waals surface area contributed by atoms with E-state index in [1.54, 1.807) is 18.7 Å². The van der Waals surface area contributed by atoms with Crippen LogP contribution in [0.1, 0.15) is 19.4 Å². The summed E-state index contributed by atoms with van der Waals surface area (Å²) >= 11 is 0. The van der Waals surface area contributed by atoms with Crippen LogP contribution >= 0.6 is 0 Å². The van der Waals surface area contributed by atoms with E-state index in [4.69, 9.17) is 4.74 Å². The van der Waals surface area contributed by atoms with Crippen LogP contribution in [0.5, 0.6) is 5.75 Å². The van der Waals surface area contributed by atoms with Gasteiger partial charge in [0.15, 0.2) is 0 Å². The number of carbonyl (C=O) groups is 1. The van der Waals surface area contributed by atoms with E-state index in [0.29, 0.717) is 5.95 Å². The molecule has 6 heteroatoms. The van der Waals surface area contributed by atoms with E-state index in [-0.39, 0.29) is 5.91 Å². The van der Waals surface area contributed by atoms with Crippen molar-refractivity contribution in [2.24, 2.45) is 7.05 Å². The van der Waals surface area contributed by atoms with Gasteiger partial charge in [-0.1, -0.05) is 12.1 Å². The van der Waals surface area contributed by atoms with E-state index in [2.05, 4.69) is 15.5 Å². The minimum absolute atomic E-state index is 0.140. The number of aromatic nitrogens is 3. The lowest BCUT2D eigenvalue weighted by atomic mass is 9.84. The Labute approximate surface area is 117 Å². The average molecular weight is 274 g/mol. The van der Waals surface area contributed by atoms with Crippen LogP contribution in [0.25, 0.3) is 0 Å². The standard InChI is InChI=1S/C14H18N4O2/c1-14(2,10-5-7-11(20-4)8-6-10)12(19)16-13-17-15-9-18(13)3/h5-9H,1-4H3,(H,16,17,19). The van der Waals surface area contributed by atoms with Gasteiger partial charge in [0.1, 0.15) is 12.1 Å². The Bertz CT molecular complexity index is 602. The summed E-state index contributed by atoms with van der Waals surface area (Å²) in [5.41, 5.74) is 0.219. The number of ether oxygens (including phenoxy) is 1. The fourth-order valence-electron chi connectivity index (χ4n) is 1.79. The van der Waals surface area contributed by atoms with Crippen LogP contribution in [0.2, 0.25) is 0 Å². The highest BCUT2D eigenvalue weighted by Crippen LogP contribution is 2.26. The maximum Gasteiger partial charge on any atom is 0.236 e. The summed E-state index contributed by atoms with van der Waals surface area (Å²) in [7, 11) is 3.39. The molecule has 2 aromatic rings. The third-order valence-corrected chi connectivity index (χ3v) is 3.32. The van der Waals surface area contributed by atoms with Gasteiger partial charge in [-0.05, 0) is 31.5 Å². The van der Waals surface area contributed by atoms with Crippen molar-refractivity contribution >= 4 is 11.9 Å². The normalized spacial score (nSPS) is 11.2. The minimum Gasteiger partial charge on any atom is -0.497 e. The van der Waals surface area contributed by atoms with E-state index in [9.17, 15) is 4.79 Å². The fraction of sp³-hybridized carbons (Fsp3) is 0.357. The van der Waals surface area contributed by atoms with Crippen molar-refractivity contribution in [1.82, 2.24) is 14.8 Å². The Morgan fingerprint density at radius 1 is 1.30 bits per heavy atom. The summed E-state index contributed by atoms with van der Waals surface area (Å²) in [5, 5.41) is 10.4. The summed E-state index contributed by atoms with van der Waals surface area (Å²) in [6.07, 6.45) is 1.54. The maximum atomic E-state index is 12.4. The highest BCUT2D eigenvalue weighted by atomic mass is 16.5. The number of anilines is 1. The van der Waals surface area contributed by atoms with Gasteiger partial charge in [-0.25, -0.2) is 0 Å². The number of amides is 1. The zero-order chi connectivity index (χ0) is 14.8. The third-order valence-electron chi connectivity index (χ3n) is 3.32. The number of benzene rings is 1. The quantitative estimate of drug-likeness (QED) is 0.922. The minimum atomic E-state index is -0.682. The summed E-state index contributed by atoms with van der Waals surface area (Å²) < 4.78 is 6.78. The number of aryl methyl sites for hydroxylation is 1. The predicted octanol–water partition coefficient (Wildman–Crippen LogP) is 1.74. The van der Waals surface area contributed by atoms with E-state index in [1.807, 2.05) is 38.1 Å². The first-order valence-electron chi connectivity index (χ1n) is 6.25. The molecule has 0 unspecified atom stereocenters. The molecule has 0 radical (unpaired) electrons. The van der Waals surface area contributed by atoms with Gasteiger partial charge in [0.05, 0.1) is 12.5 Å². The van der Waals surface area contributed by atoms with Gasteiger partial charge < -0.3 is 9.30 Å². The molecule has 6 nitrogen and oxygen atoms in total. The van der Waals surface area contributed by atoms with E-state index >= 15 is 0 Å². The maximum absolute atomic E-state index is 12.4. The molecule has 0 bridgehead atoms. The van der Waals surface area contributed by atoms with Crippen molar-refractivity contribution in [3.8, 4) is 5.75 Å². The molecule has 0 saturated heterocycles. The zero-order valence-electron chi connectivity index (χ0n) is 12.0. The van der Waals surface area contributed by atoms with Crippen LogP contribution in [0.3, 0.4) is 0 Å². The van der Waals surface area contributed by atoms with Gasteiger partial charge in [-0.15, -0.1) is 10.2 Å². The Hall–Kier alpha value is -2.37. The molecule has 1 N–H and O–H groups in total. The molecule has 106 valence electrons. The number of carbonyl (C=O) groups excluding carboxylic acids is 1. The second-order valence-electron chi connectivity index (χ2n) is 5.07. The first kappa shape index (κ1) is 14.0. The molecular weight excluding hydrogens is 256 g/mol. The Kier molecular flexibility index (Phi) is 3.74. The number of nitrogens with one attached hydrogen (secondary N) is 1. The van der Waals surface area contributed by atoms with Gasteiger partial charge in [0, 0.05) is 7.05 Å². The van der Waals surface area contributed by atoms with Crippen LogP contribution in [0.4, 0.5) is 5.95 Å². The Morgan fingerprint density at radius 2 is 1.95 bits per heavy atom. The molecule has 0 fully saturated rings. The van der Waals surface area contributed by atoms with Crippen molar-refractivity contribution in [1.29, 1.82) is 0 Å². The van der Waals surface area contributed by atoms with E-state index in [0.717, 1.165) is 11.3 Å². The molecule has 2 rings (SSSR count). The lowest BCUT2D eigenvalue weighted by Gasteiger charge is -2.23. The predicted molar refractivity (Wildman–Crippen MR) is 75.7 cm³/mol. The van der Waals surface area contributed by atoms with Crippen LogP contribution < -0.4 is 10.1 Å². The fourth-order valence-corrected chi connectivity index (χ4v) is 1.79. The molecule has 0 spiro atoms. The molecule has 0 atom stereocenters. The highest BCUT2D eigenvalue weighted by Gasteiger charge is 2.30. The van der Waals surface area contributed by atoms with Gasteiger partial charge in [0.2, 0.25) is 11.9 Å². The van der Waals surface area contributed by atoms with E-state index < -0.39 is 5.41 Å². The summed E-state index contributed by atoms with van der Waals surface area (Å²) in [6.45, 7) is 3.72. The van der Waals surface area contributed by atoms with Crippen molar-refractivity contribution < 1.29 is 9.53 Å². The molecular formula is C14H18N4O2. The molecule has 20 heavy (non-hydrogen) atoms. The van der Waals surface area contributed by atoms with Gasteiger partial charge in [0.25, 0.3) is 0 Å². The highest BCUT2D eigenvalue weighted by molar-refractivity contribution is 5.97. The second kappa shape index (κ2) is 5.32. The lowest BCUT2D eigenvalue weighted by Crippen LogP contribution is -2.35. The molecule has 0 aliphatic rings. The largest absolute Gasteiger partial charge is 0.497 e. The third kappa shape index (κ3) is 2.64.